The zero-order valence-electron chi connectivity index (χ0n) is 34.5. The van der Waals surface area contributed by atoms with Crippen molar-refractivity contribution < 1.29 is 62.9 Å². The second kappa shape index (κ2) is 17.9. The van der Waals surface area contributed by atoms with Crippen LogP contribution in [-0.4, -0.2) is 157 Å². The van der Waals surface area contributed by atoms with E-state index in [4.69, 9.17) is 33.2 Å². The summed E-state index contributed by atoms with van der Waals surface area (Å²) in [7, 11) is 0. The summed E-state index contributed by atoms with van der Waals surface area (Å²) in [4.78, 5) is 36.3. The van der Waals surface area contributed by atoms with Gasteiger partial charge in [-0.3, -0.25) is 14.4 Å². The van der Waals surface area contributed by atoms with Crippen LogP contribution in [0.15, 0.2) is 0 Å². The topological polar surface area (TPSA) is 177 Å². The molecule has 17 atom stereocenters. The first-order valence-corrected chi connectivity index (χ1v) is 20.1. The van der Waals surface area contributed by atoms with E-state index in [1.807, 2.05) is 27.7 Å². The first-order valence-electron chi connectivity index (χ1n) is 20.1. The van der Waals surface area contributed by atoms with Gasteiger partial charge < -0.3 is 48.5 Å². The molecule has 13 nitrogen and oxygen atoms in total. The average molecular weight is 794 g/mol. The summed E-state index contributed by atoms with van der Waals surface area (Å²) in [5.74, 6) is -6.44. The molecule has 5 aliphatic heterocycles. The molecule has 5 saturated heterocycles. The molecule has 14 heteroatoms. The Labute approximate surface area is 364 Å². The molecule has 5 aliphatic rings. The number of hydrogen-bond donors (Lipinski definition) is 3. The smallest absolute Gasteiger partial charge is 0.309 e. The van der Waals surface area contributed by atoms with Crippen LogP contribution in [0.25, 0.3) is 0 Å². The quantitative estimate of drug-likeness (QED) is 0.182. The van der Waals surface area contributed by atoms with Crippen molar-refractivity contribution in [3.8, 4) is 0 Å². The van der Waals surface area contributed by atoms with Gasteiger partial charge in [0, 0.05) is 94.8 Å². The summed E-state index contributed by atoms with van der Waals surface area (Å²) >= 11 is 0. The van der Waals surface area contributed by atoms with Gasteiger partial charge >= 0.3 is 17.9 Å². The zero-order chi connectivity index (χ0) is 39.3. The monoisotopic (exact) mass is 793 g/mol. The molecule has 5 fully saturated rings. The Bertz CT molecular complexity index is 1330. The van der Waals surface area contributed by atoms with Crippen LogP contribution in [0.2, 0.25) is 0 Å². The van der Waals surface area contributed by atoms with Crippen LogP contribution < -0.4 is 0 Å². The molecule has 0 aromatic heterocycles. The third-order valence-corrected chi connectivity index (χ3v) is 13.4. The Kier molecular flexibility index (Phi) is 15.4. The maximum Gasteiger partial charge on any atom is 0.309 e. The Morgan fingerprint density at radius 3 is 2.19 bits per heavy atom. The number of carbonyl (C=O) groups is 3. The molecule has 17 unspecified atom stereocenters. The molecule has 1 spiro atoms. The SMILES string of the molecule is CCC(=O)OCC1(O)OC(C2CC(C)C(C3(C)CCC(C4(C)CCC5(CC(O)C(C)C(C(C)C(OC(=O)CC)C(C)C(=O)O)O5)O4)O3)O2)C(C)CC1C.[K]. The van der Waals surface area contributed by atoms with E-state index in [2.05, 4.69) is 20.8 Å². The van der Waals surface area contributed by atoms with Crippen LogP contribution >= 0.6 is 0 Å². The summed E-state index contributed by atoms with van der Waals surface area (Å²) in [5, 5.41) is 32.6. The van der Waals surface area contributed by atoms with Crippen molar-refractivity contribution in [2.75, 3.05) is 6.61 Å². The van der Waals surface area contributed by atoms with Gasteiger partial charge in [-0.25, -0.2) is 0 Å². The summed E-state index contributed by atoms with van der Waals surface area (Å²) in [6.07, 6.45) is 1.18. The van der Waals surface area contributed by atoms with E-state index in [1.165, 1.54) is 6.92 Å². The van der Waals surface area contributed by atoms with Crippen LogP contribution in [0.5, 0.6) is 0 Å². The molecular weight excluding hydrogens is 728 g/mol. The van der Waals surface area contributed by atoms with Gasteiger partial charge in [0.05, 0.1) is 53.7 Å². The van der Waals surface area contributed by atoms with Gasteiger partial charge in [0.1, 0.15) is 12.7 Å². The van der Waals surface area contributed by atoms with E-state index in [9.17, 15) is 29.7 Å². The molecule has 0 aliphatic carbocycles. The van der Waals surface area contributed by atoms with Gasteiger partial charge in [-0.15, -0.1) is 0 Å². The minimum Gasteiger partial charge on any atom is -0.481 e. The largest absolute Gasteiger partial charge is 0.481 e. The predicted octanol–water partition coefficient (Wildman–Crippen LogP) is 4.77. The molecule has 3 N–H and O–H groups in total. The fourth-order valence-electron chi connectivity index (χ4n) is 9.93. The number of ether oxygens (including phenoxy) is 7. The number of aliphatic carboxylic acids is 1. The molecule has 0 amide bonds. The van der Waals surface area contributed by atoms with Crippen LogP contribution in [0, 0.1) is 35.5 Å². The second-order valence-electron chi connectivity index (χ2n) is 17.7. The van der Waals surface area contributed by atoms with Crippen LogP contribution in [0.4, 0.5) is 0 Å². The third kappa shape index (κ3) is 9.46. The van der Waals surface area contributed by atoms with Gasteiger partial charge in [0.15, 0.2) is 5.79 Å². The Morgan fingerprint density at radius 2 is 1.56 bits per heavy atom. The number of carboxylic acids is 1. The standard InChI is InChI=1S/C40H66O13.K/c1-11-30(42)47-20-40(46)23(5)17-21(3)32(52-40)28-18-22(4)35(48-28)38(10)14-13-29(50-38)37(9)15-16-39(53-37)19-27(41)24(6)34(51-39)25(7)33(26(8)36(44)45)49-31(43)12-2;/h21-29,32-35,41,46H,11-20H2,1-10H3,(H,44,45);. The Balaban J connectivity index is 0.00000650. The van der Waals surface area contributed by atoms with Gasteiger partial charge in [0.2, 0.25) is 5.79 Å². The number of aliphatic hydroxyl groups excluding tert-OH is 1. The summed E-state index contributed by atoms with van der Waals surface area (Å²) in [6, 6.07) is 0. The number of esters is 2. The molecule has 0 bridgehead atoms. The van der Waals surface area contributed by atoms with Gasteiger partial charge in [-0.1, -0.05) is 48.5 Å². The van der Waals surface area contributed by atoms with E-state index < -0.39 is 64.9 Å². The maximum absolute atomic E-state index is 12.4. The van der Waals surface area contributed by atoms with Crippen molar-refractivity contribution in [2.45, 2.75) is 193 Å². The average Bonchev–Trinajstić information content (AvgIpc) is 3.81. The van der Waals surface area contributed by atoms with Gasteiger partial charge in [-0.05, 0) is 64.7 Å². The molecule has 54 heavy (non-hydrogen) atoms. The van der Waals surface area contributed by atoms with Crippen molar-refractivity contribution >= 4 is 69.3 Å². The Morgan fingerprint density at radius 1 is 0.889 bits per heavy atom. The van der Waals surface area contributed by atoms with E-state index in [-0.39, 0.29) is 131 Å². The van der Waals surface area contributed by atoms with Crippen molar-refractivity contribution in [3.63, 3.8) is 0 Å². The fourth-order valence-corrected chi connectivity index (χ4v) is 9.93. The fraction of sp³-hybridized carbons (Fsp3) is 0.925. The van der Waals surface area contributed by atoms with Crippen LogP contribution in [0.3, 0.4) is 0 Å². The minimum atomic E-state index is -1.59. The van der Waals surface area contributed by atoms with Crippen molar-refractivity contribution in [2.24, 2.45) is 35.5 Å². The van der Waals surface area contributed by atoms with Crippen molar-refractivity contribution in [1.82, 2.24) is 0 Å². The van der Waals surface area contributed by atoms with Crippen LogP contribution in [-0.2, 0) is 47.5 Å². The van der Waals surface area contributed by atoms with Gasteiger partial charge in [-0.2, -0.15) is 0 Å². The summed E-state index contributed by atoms with van der Waals surface area (Å²) in [5.41, 5.74) is -1.33. The summed E-state index contributed by atoms with van der Waals surface area (Å²) < 4.78 is 44.8. The van der Waals surface area contributed by atoms with Crippen molar-refractivity contribution in [1.29, 1.82) is 0 Å². The molecule has 5 heterocycles. The first-order chi connectivity index (χ1) is 24.7. The molecule has 1 radical (unpaired) electrons. The van der Waals surface area contributed by atoms with E-state index >= 15 is 0 Å². The normalized spacial score (nSPS) is 45.3. The van der Waals surface area contributed by atoms with E-state index in [1.54, 1.807) is 13.8 Å². The molecule has 0 aromatic rings. The number of carbonyl (C=O) groups excluding carboxylic acids is 2. The van der Waals surface area contributed by atoms with E-state index in [0.717, 1.165) is 19.3 Å². The van der Waals surface area contributed by atoms with E-state index in [0.29, 0.717) is 19.3 Å². The Hall–Kier alpha value is -0.234. The molecular formula is C40H66KO13. The number of hydrogen-bond acceptors (Lipinski definition) is 12. The molecule has 0 aromatic carbocycles. The predicted molar refractivity (Wildman–Crippen MR) is 197 cm³/mol. The molecule has 0 saturated carbocycles. The number of aliphatic hydroxyl groups is 2. The third-order valence-electron chi connectivity index (χ3n) is 13.4. The number of rotatable bonds is 12. The maximum atomic E-state index is 12.4. The summed E-state index contributed by atoms with van der Waals surface area (Å²) in [6.45, 7) is 18.7. The van der Waals surface area contributed by atoms with Gasteiger partial charge in [0.25, 0.3) is 0 Å². The number of carboxylic acid groups (broad SMARTS) is 1. The van der Waals surface area contributed by atoms with Crippen LogP contribution in [0.1, 0.15) is 127 Å². The van der Waals surface area contributed by atoms with Crippen molar-refractivity contribution in [3.05, 3.63) is 0 Å². The minimum absolute atomic E-state index is 0. The first kappa shape index (κ1) is 46.5. The molecule has 305 valence electrons. The molecule has 5 rings (SSSR count). The zero-order valence-corrected chi connectivity index (χ0v) is 37.6. The second-order valence-corrected chi connectivity index (χ2v) is 17.7.